The van der Waals surface area contributed by atoms with E-state index in [0.717, 1.165) is 12.3 Å². The van der Waals surface area contributed by atoms with Crippen molar-refractivity contribution < 1.29 is 22.7 Å². The van der Waals surface area contributed by atoms with Crippen LogP contribution in [0.25, 0.3) is 0 Å². The van der Waals surface area contributed by atoms with Gasteiger partial charge in [0, 0.05) is 34.4 Å². The Kier molecular flexibility index (Phi) is 5.37. The van der Waals surface area contributed by atoms with Crippen molar-refractivity contribution in [2.24, 2.45) is 0 Å². The number of nitrogens with one attached hydrogen (secondary N) is 1. The van der Waals surface area contributed by atoms with E-state index in [1.165, 1.54) is 12.1 Å². The number of amides is 1. The van der Waals surface area contributed by atoms with Gasteiger partial charge in [0.2, 0.25) is 5.95 Å². The van der Waals surface area contributed by atoms with Crippen LogP contribution in [0.2, 0.25) is 0 Å². The number of carbonyl (C=O) groups is 1. The van der Waals surface area contributed by atoms with Crippen LogP contribution in [0.4, 0.5) is 13.2 Å². The van der Waals surface area contributed by atoms with E-state index in [2.05, 4.69) is 31.0 Å². The second-order valence-corrected chi connectivity index (χ2v) is 5.10. The SMILES string of the molecule is O=C(NCc1cc(Br)ccc1OC(F)F)c1ccnc(F)c1. The zero-order valence-electron chi connectivity index (χ0n) is 11.0. The van der Waals surface area contributed by atoms with Crippen LogP contribution < -0.4 is 10.1 Å². The molecule has 1 heterocycles. The average molecular weight is 375 g/mol. The average Bonchev–Trinajstić information content (AvgIpc) is 2.46. The molecular formula is C14H10BrF3N2O2. The topological polar surface area (TPSA) is 51.2 Å². The maximum atomic E-state index is 13.0. The number of pyridine rings is 1. The Labute approximate surface area is 132 Å². The number of rotatable bonds is 5. The van der Waals surface area contributed by atoms with Gasteiger partial charge in [-0.1, -0.05) is 15.9 Å². The van der Waals surface area contributed by atoms with Crippen molar-refractivity contribution in [3.8, 4) is 5.75 Å². The lowest BCUT2D eigenvalue weighted by atomic mass is 10.2. The quantitative estimate of drug-likeness (QED) is 0.814. The Hall–Kier alpha value is -2.09. The van der Waals surface area contributed by atoms with E-state index in [0.29, 0.717) is 10.0 Å². The molecule has 0 saturated carbocycles. The lowest BCUT2D eigenvalue weighted by Gasteiger charge is -2.12. The van der Waals surface area contributed by atoms with Gasteiger partial charge in [-0.2, -0.15) is 13.2 Å². The van der Waals surface area contributed by atoms with Crippen LogP contribution >= 0.6 is 15.9 Å². The molecule has 0 spiro atoms. The van der Waals surface area contributed by atoms with Crippen molar-refractivity contribution in [2.75, 3.05) is 0 Å². The lowest BCUT2D eigenvalue weighted by Crippen LogP contribution is -2.23. The largest absolute Gasteiger partial charge is 0.434 e. The first kappa shape index (κ1) is 16.3. The van der Waals surface area contributed by atoms with Crippen molar-refractivity contribution in [1.82, 2.24) is 10.3 Å². The third kappa shape index (κ3) is 4.45. The summed E-state index contributed by atoms with van der Waals surface area (Å²) in [6.45, 7) is -3.02. The van der Waals surface area contributed by atoms with Gasteiger partial charge in [-0.25, -0.2) is 4.98 Å². The third-order valence-corrected chi connectivity index (χ3v) is 3.16. The highest BCUT2D eigenvalue weighted by Crippen LogP contribution is 2.24. The van der Waals surface area contributed by atoms with E-state index in [-0.39, 0.29) is 17.9 Å². The number of aromatic nitrogens is 1. The van der Waals surface area contributed by atoms with Crippen molar-refractivity contribution in [3.63, 3.8) is 0 Å². The molecule has 8 heteroatoms. The highest BCUT2D eigenvalue weighted by Gasteiger charge is 2.12. The van der Waals surface area contributed by atoms with Gasteiger partial charge >= 0.3 is 6.61 Å². The third-order valence-electron chi connectivity index (χ3n) is 2.67. The van der Waals surface area contributed by atoms with Crippen LogP contribution in [-0.4, -0.2) is 17.5 Å². The summed E-state index contributed by atoms with van der Waals surface area (Å²) in [6, 6.07) is 6.78. The van der Waals surface area contributed by atoms with Gasteiger partial charge in [-0.3, -0.25) is 4.79 Å². The van der Waals surface area contributed by atoms with E-state index >= 15 is 0 Å². The molecule has 0 saturated heterocycles. The fourth-order valence-electron chi connectivity index (χ4n) is 1.72. The molecule has 0 aliphatic rings. The summed E-state index contributed by atoms with van der Waals surface area (Å²) in [5.41, 5.74) is 0.441. The number of hydrogen-bond donors (Lipinski definition) is 1. The molecule has 1 aromatic carbocycles. The van der Waals surface area contributed by atoms with Crippen molar-refractivity contribution in [1.29, 1.82) is 0 Å². The Morgan fingerprint density at radius 3 is 2.77 bits per heavy atom. The Morgan fingerprint density at radius 2 is 2.09 bits per heavy atom. The molecule has 1 aromatic heterocycles. The standard InChI is InChI=1S/C14H10BrF3N2O2/c15-10-1-2-11(22-14(17)18)9(5-10)7-20-13(21)8-3-4-19-12(16)6-8/h1-6,14H,7H2,(H,20,21). The predicted molar refractivity (Wildman–Crippen MR) is 76.1 cm³/mol. The molecule has 0 aliphatic heterocycles. The van der Waals surface area contributed by atoms with E-state index in [9.17, 15) is 18.0 Å². The van der Waals surface area contributed by atoms with Crippen LogP contribution in [0, 0.1) is 5.95 Å². The Morgan fingerprint density at radius 1 is 1.32 bits per heavy atom. The number of hydrogen-bond acceptors (Lipinski definition) is 3. The summed E-state index contributed by atoms with van der Waals surface area (Å²) >= 11 is 3.21. The lowest BCUT2D eigenvalue weighted by molar-refractivity contribution is -0.0504. The molecule has 116 valence electrons. The second-order valence-electron chi connectivity index (χ2n) is 4.18. The Bertz CT molecular complexity index is 683. The molecule has 0 fully saturated rings. The van der Waals surface area contributed by atoms with Gasteiger partial charge in [0.1, 0.15) is 5.75 Å². The van der Waals surface area contributed by atoms with Crippen LogP contribution in [0.1, 0.15) is 15.9 Å². The normalized spacial score (nSPS) is 10.6. The monoisotopic (exact) mass is 374 g/mol. The summed E-state index contributed by atoms with van der Waals surface area (Å²) < 4.78 is 42.7. The van der Waals surface area contributed by atoms with Gasteiger partial charge in [0.15, 0.2) is 0 Å². The molecule has 4 nitrogen and oxygen atoms in total. The second kappa shape index (κ2) is 7.26. The van der Waals surface area contributed by atoms with Gasteiger partial charge in [0.25, 0.3) is 5.91 Å². The van der Waals surface area contributed by atoms with Crippen molar-refractivity contribution in [2.45, 2.75) is 13.2 Å². The minimum absolute atomic E-state index is 0.0422. The number of ether oxygens (including phenoxy) is 1. The molecular weight excluding hydrogens is 365 g/mol. The first-order valence-corrected chi connectivity index (χ1v) is 6.88. The minimum atomic E-state index is -2.97. The number of nitrogens with zero attached hydrogens (tertiary/aromatic N) is 1. The van der Waals surface area contributed by atoms with E-state index in [1.807, 2.05) is 0 Å². The van der Waals surface area contributed by atoms with E-state index in [1.54, 1.807) is 12.1 Å². The molecule has 22 heavy (non-hydrogen) atoms. The van der Waals surface area contributed by atoms with E-state index in [4.69, 9.17) is 0 Å². The maximum absolute atomic E-state index is 13.0. The first-order valence-electron chi connectivity index (χ1n) is 6.08. The summed E-state index contributed by atoms with van der Waals surface area (Å²) in [6.07, 6.45) is 1.16. The Balaban J connectivity index is 2.10. The van der Waals surface area contributed by atoms with Crippen LogP contribution in [0.15, 0.2) is 41.0 Å². The fourth-order valence-corrected chi connectivity index (χ4v) is 2.13. The fraction of sp³-hybridized carbons (Fsp3) is 0.143. The van der Waals surface area contributed by atoms with Crippen LogP contribution in [-0.2, 0) is 6.54 Å². The van der Waals surface area contributed by atoms with Gasteiger partial charge in [0.05, 0.1) is 0 Å². The van der Waals surface area contributed by atoms with Gasteiger partial charge in [-0.05, 0) is 24.3 Å². The molecule has 0 aliphatic carbocycles. The minimum Gasteiger partial charge on any atom is -0.434 e. The molecule has 0 unspecified atom stereocenters. The van der Waals surface area contributed by atoms with Crippen LogP contribution in [0.3, 0.4) is 0 Å². The number of carbonyl (C=O) groups excluding carboxylic acids is 1. The van der Waals surface area contributed by atoms with Crippen LogP contribution in [0.5, 0.6) is 5.75 Å². The molecule has 1 amide bonds. The van der Waals surface area contributed by atoms with E-state index < -0.39 is 18.5 Å². The highest BCUT2D eigenvalue weighted by molar-refractivity contribution is 9.10. The summed E-state index contributed by atoms with van der Waals surface area (Å²) in [4.78, 5) is 15.2. The van der Waals surface area contributed by atoms with Crippen molar-refractivity contribution in [3.05, 3.63) is 58.1 Å². The van der Waals surface area contributed by atoms with Crippen molar-refractivity contribution >= 4 is 21.8 Å². The molecule has 1 N–H and O–H groups in total. The molecule has 0 atom stereocenters. The highest BCUT2D eigenvalue weighted by atomic mass is 79.9. The van der Waals surface area contributed by atoms with Gasteiger partial charge in [-0.15, -0.1) is 0 Å². The summed E-state index contributed by atoms with van der Waals surface area (Å²) in [7, 11) is 0. The predicted octanol–water partition coefficient (Wildman–Crippen LogP) is 3.51. The molecule has 2 aromatic rings. The smallest absolute Gasteiger partial charge is 0.387 e. The zero-order chi connectivity index (χ0) is 16.1. The molecule has 0 bridgehead atoms. The number of alkyl halides is 2. The summed E-state index contributed by atoms with van der Waals surface area (Å²) in [5.74, 6) is -1.37. The van der Waals surface area contributed by atoms with Gasteiger partial charge < -0.3 is 10.1 Å². The first-order chi connectivity index (χ1) is 10.5. The molecule has 2 rings (SSSR count). The zero-order valence-corrected chi connectivity index (χ0v) is 12.6. The summed E-state index contributed by atoms with van der Waals surface area (Å²) in [5, 5.41) is 2.50. The number of halogens is 4. The number of benzene rings is 1. The maximum Gasteiger partial charge on any atom is 0.387 e. The molecule has 0 radical (unpaired) electrons.